The van der Waals surface area contributed by atoms with Gasteiger partial charge in [0.2, 0.25) is 5.91 Å². The normalized spacial score (nSPS) is 29.5. The molecule has 3 saturated heterocycles. The van der Waals surface area contributed by atoms with Crippen molar-refractivity contribution in [3.05, 3.63) is 17.0 Å². The number of carbonyl (C=O) groups is 1. The minimum absolute atomic E-state index is 0.190. The van der Waals surface area contributed by atoms with Crippen LogP contribution in [-0.4, -0.2) is 46.0 Å². The molecule has 1 aromatic heterocycles. The third-order valence-electron chi connectivity index (χ3n) is 6.17. The lowest BCUT2D eigenvalue weighted by Crippen LogP contribution is -2.47. The minimum Gasteiger partial charge on any atom is -0.361 e. The standard InChI is InChI=1S/C18H27N3O2/c1-12-17(13(2)23-19-12)11-21-16-8-7-14(18(21)22)9-20(10-16)15-5-3-4-6-15/h14-16H,3-11H2,1-2H3/t14-,16+/m0/s1. The summed E-state index contributed by atoms with van der Waals surface area (Å²) in [5.41, 5.74) is 2.02. The summed E-state index contributed by atoms with van der Waals surface area (Å²) < 4.78 is 5.29. The molecule has 5 heteroatoms. The maximum absolute atomic E-state index is 13.0. The topological polar surface area (TPSA) is 49.6 Å². The van der Waals surface area contributed by atoms with Gasteiger partial charge < -0.3 is 9.42 Å². The molecule has 4 aliphatic rings. The van der Waals surface area contributed by atoms with Gasteiger partial charge in [-0.25, -0.2) is 0 Å². The van der Waals surface area contributed by atoms with Crippen molar-refractivity contribution in [1.82, 2.24) is 15.0 Å². The van der Waals surface area contributed by atoms with Crippen LogP contribution in [0.4, 0.5) is 0 Å². The molecule has 2 bridgehead atoms. The van der Waals surface area contributed by atoms with Gasteiger partial charge in [0.1, 0.15) is 5.76 Å². The highest BCUT2D eigenvalue weighted by atomic mass is 16.5. The summed E-state index contributed by atoms with van der Waals surface area (Å²) in [5.74, 6) is 1.39. The van der Waals surface area contributed by atoms with Crippen LogP contribution in [0.2, 0.25) is 0 Å². The number of aryl methyl sites for hydroxylation is 2. The Morgan fingerprint density at radius 2 is 1.87 bits per heavy atom. The zero-order chi connectivity index (χ0) is 16.0. The number of nitrogens with zero attached hydrogens (tertiary/aromatic N) is 3. The number of hydrogen-bond donors (Lipinski definition) is 0. The van der Waals surface area contributed by atoms with E-state index in [4.69, 9.17) is 4.52 Å². The van der Waals surface area contributed by atoms with Crippen LogP contribution in [0.1, 0.15) is 55.5 Å². The van der Waals surface area contributed by atoms with Gasteiger partial charge in [0.15, 0.2) is 0 Å². The van der Waals surface area contributed by atoms with Crippen LogP contribution in [0.3, 0.4) is 0 Å². The van der Waals surface area contributed by atoms with Crippen LogP contribution in [0.5, 0.6) is 0 Å². The van der Waals surface area contributed by atoms with Gasteiger partial charge in [0, 0.05) is 30.7 Å². The number of piperidine rings is 1. The first kappa shape index (κ1) is 15.2. The van der Waals surface area contributed by atoms with Gasteiger partial charge in [-0.05, 0) is 39.5 Å². The summed E-state index contributed by atoms with van der Waals surface area (Å²) in [6, 6.07) is 1.07. The molecule has 0 radical (unpaired) electrons. The fourth-order valence-electron chi connectivity index (χ4n) is 4.75. The Bertz CT molecular complexity index is 572. The highest BCUT2D eigenvalue weighted by Gasteiger charge is 2.42. The smallest absolute Gasteiger partial charge is 0.227 e. The lowest BCUT2D eigenvalue weighted by atomic mass is 9.93. The Hall–Kier alpha value is -1.36. The van der Waals surface area contributed by atoms with E-state index in [0.717, 1.165) is 42.9 Å². The second-order valence-corrected chi connectivity index (χ2v) is 7.59. The molecule has 0 N–H and O–H groups in total. The molecule has 3 aliphatic heterocycles. The Balaban J connectivity index is 1.55. The van der Waals surface area contributed by atoms with E-state index in [0.29, 0.717) is 24.5 Å². The summed E-state index contributed by atoms with van der Waals surface area (Å²) in [4.78, 5) is 17.7. The van der Waals surface area contributed by atoms with Gasteiger partial charge in [-0.3, -0.25) is 9.69 Å². The Morgan fingerprint density at radius 3 is 2.57 bits per heavy atom. The van der Waals surface area contributed by atoms with E-state index in [1.165, 1.54) is 25.7 Å². The Morgan fingerprint density at radius 1 is 1.09 bits per heavy atom. The zero-order valence-electron chi connectivity index (χ0n) is 14.3. The molecule has 4 heterocycles. The van der Waals surface area contributed by atoms with Gasteiger partial charge in [-0.1, -0.05) is 18.0 Å². The molecule has 1 saturated carbocycles. The average Bonchev–Trinajstić information content (AvgIpc) is 3.08. The number of fused-ring (bicyclic) bond motifs is 4. The van der Waals surface area contributed by atoms with E-state index in [9.17, 15) is 4.79 Å². The van der Waals surface area contributed by atoms with Crippen molar-refractivity contribution >= 4 is 5.91 Å². The van der Waals surface area contributed by atoms with E-state index in [-0.39, 0.29) is 5.92 Å². The number of aromatic nitrogens is 1. The molecule has 4 fully saturated rings. The summed E-state index contributed by atoms with van der Waals surface area (Å²) in [6.07, 6.45) is 7.54. The van der Waals surface area contributed by atoms with Crippen LogP contribution in [-0.2, 0) is 11.3 Å². The molecule has 0 aromatic carbocycles. The molecular formula is C18H27N3O2. The highest BCUT2D eigenvalue weighted by molar-refractivity contribution is 5.80. The van der Waals surface area contributed by atoms with Crippen LogP contribution in [0.15, 0.2) is 4.52 Å². The average molecular weight is 317 g/mol. The Labute approximate surface area is 138 Å². The van der Waals surface area contributed by atoms with Crippen LogP contribution in [0, 0.1) is 19.8 Å². The van der Waals surface area contributed by atoms with Crippen molar-refractivity contribution in [2.24, 2.45) is 5.92 Å². The van der Waals surface area contributed by atoms with E-state index >= 15 is 0 Å². The van der Waals surface area contributed by atoms with E-state index in [1.54, 1.807) is 0 Å². The van der Waals surface area contributed by atoms with Crippen molar-refractivity contribution in [2.75, 3.05) is 13.1 Å². The minimum atomic E-state index is 0.190. The number of hydrogen-bond acceptors (Lipinski definition) is 4. The molecule has 1 amide bonds. The van der Waals surface area contributed by atoms with Gasteiger partial charge in [-0.15, -0.1) is 0 Å². The van der Waals surface area contributed by atoms with Crippen molar-refractivity contribution in [2.45, 2.75) is 71.0 Å². The maximum Gasteiger partial charge on any atom is 0.227 e. The predicted octanol–water partition coefficient (Wildman–Crippen LogP) is 2.66. The molecule has 1 aliphatic carbocycles. The van der Waals surface area contributed by atoms with Crippen LogP contribution >= 0.6 is 0 Å². The van der Waals surface area contributed by atoms with Gasteiger partial charge in [0.25, 0.3) is 0 Å². The lowest BCUT2D eigenvalue weighted by Gasteiger charge is -2.36. The molecule has 126 valence electrons. The Kier molecular flexibility index (Phi) is 3.92. The molecule has 23 heavy (non-hydrogen) atoms. The van der Waals surface area contributed by atoms with Crippen LogP contribution in [0.25, 0.3) is 0 Å². The molecular weight excluding hydrogens is 290 g/mol. The molecule has 2 atom stereocenters. The van der Waals surface area contributed by atoms with Crippen molar-refractivity contribution in [3.8, 4) is 0 Å². The number of amides is 1. The van der Waals surface area contributed by atoms with Crippen molar-refractivity contribution < 1.29 is 9.32 Å². The number of rotatable bonds is 3. The molecule has 5 nitrogen and oxygen atoms in total. The summed E-state index contributed by atoms with van der Waals surface area (Å²) in [5, 5.41) is 4.05. The lowest BCUT2D eigenvalue weighted by molar-refractivity contribution is -0.140. The second kappa shape index (κ2) is 5.93. The van der Waals surface area contributed by atoms with E-state index in [1.807, 2.05) is 13.8 Å². The maximum atomic E-state index is 13.0. The zero-order valence-corrected chi connectivity index (χ0v) is 14.3. The third-order valence-corrected chi connectivity index (χ3v) is 6.17. The first-order valence-electron chi connectivity index (χ1n) is 9.09. The monoisotopic (exact) mass is 317 g/mol. The summed E-state index contributed by atoms with van der Waals surface area (Å²) >= 11 is 0. The van der Waals surface area contributed by atoms with Crippen molar-refractivity contribution in [1.29, 1.82) is 0 Å². The summed E-state index contributed by atoms with van der Waals surface area (Å²) in [6.45, 7) is 6.60. The quantitative estimate of drug-likeness (QED) is 0.860. The van der Waals surface area contributed by atoms with Crippen molar-refractivity contribution in [3.63, 3.8) is 0 Å². The molecule has 0 spiro atoms. The van der Waals surface area contributed by atoms with Gasteiger partial charge in [0.05, 0.1) is 18.2 Å². The largest absolute Gasteiger partial charge is 0.361 e. The van der Waals surface area contributed by atoms with Gasteiger partial charge >= 0.3 is 0 Å². The molecule has 0 unspecified atom stereocenters. The fourth-order valence-corrected chi connectivity index (χ4v) is 4.75. The first-order chi connectivity index (χ1) is 11.1. The second-order valence-electron chi connectivity index (χ2n) is 7.59. The molecule has 5 rings (SSSR count). The predicted molar refractivity (Wildman–Crippen MR) is 86.9 cm³/mol. The van der Waals surface area contributed by atoms with Crippen LogP contribution < -0.4 is 0 Å². The number of carbonyl (C=O) groups excluding carboxylic acids is 1. The SMILES string of the molecule is Cc1noc(C)c1CN1C(=O)[C@H]2CC[C@@H]1CN(C1CCCC1)C2. The first-order valence-corrected chi connectivity index (χ1v) is 9.09. The van der Waals surface area contributed by atoms with Gasteiger partial charge in [-0.2, -0.15) is 0 Å². The summed E-state index contributed by atoms with van der Waals surface area (Å²) in [7, 11) is 0. The van der Waals surface area contributed by atoms with E-state index in [2.05, 4.69) is 15.0 Å². The highest BCUT2D eigenvalue weighted by Crippen LogP contribution is 2.34. The fraction of sp³-hybridized carbons (Fsp3) is 0.778. The molecule has 1 aromatic rings. The van der Waals surface area contributed by atoms with E-state index < -0.39 is 0 Å². The third kappa shape index (κ3) is 2.69.